The van der Waals surface area contributed by atoms with Crippen LogP contribution in [0.4, 0.5) is 5.69 Å². The van der Waals surface area contributed by atoms with E-state index in [2.05, 4.69) is 45.6 Å². The fraction of sp³-hybridized carbons (Fsp3) is 0.235. The lowest BCUT2D eigenvalue weighted by Gasteiger charge is -2.10. The van der Waals surface area contributed by atoms with Gasteiger partial charge in [-0.3, -0.25) is 0 Å². The molecular weight excluding hydrogens is 326 g/mol. The van der Waals surface area contributed by atoms with Gasteiger partial charge in [0.2, 0.25) is 0 Å². The van der Waals surface area contributed by atoms with E-state index in [1.165, 1.54) is 23.9 Å². The molecular formula is C17H16BrN3. The van der Waals surface area contributed by atoms with Gasteiger partial charge >= 0.3 is 0 Å². The zero-order chi connectivity index (χ0) is 14.6. The number of nitrogens with two attached hydrogens (primary N) is 1. The number of rotatable bonds is 2. The Balaban J connectivity index is 2.03. The minimum atomic E-state index is 0.561. The molecule has 1 aliphatic carbocycles. The summed E-state index contributed by atoms with van der Waals surface area (Å²) in [4.78, 5) is 4.87. The number of aromatic nitrogens is 2. The second-order valence-electron chi connectivity index (χ2n) is 5.73. The van der Waals surface area contributed by atoms with Gasteiger partial charge in [0.05, 0.1) is 16.7 Å². The molecule has 1 fully saturated rings. The number of imidazole rings is 1. The van der Waals surface area contributed by atoms with Crippen molar-refractivity contribution in [1.82, 2.24) is 9.55 Å². The van der Waals surface area contributed by atoms with Gasteiger partial charge in [0.1, 0.15) is 5.82 Å². The summed E-state index contributed by atoms with van der Waals surface area (Å²) < 4.78 is 3.28. The Labute approximate surface area is 131 Å². The monoisotopic (exact) mass is 341 g/mol. The third-order valence-electron chi connectivity index (χ3n) is 4.05. The standard InChI is InChI=1S/C17H16BrN3/c1-10-5-8-15-14(9-10)20-17(21(15)11-6-7-11)12-3-2-4-13(18)16(12)19/h2-5,8-9,11H,6-7,19H2,1H3. The highest BCUT2D eigenvalue weighted by Gasteiger charge is 2.29. The van der Waals surface area contributed by atoms with Crippen LogP contribution in [-0.4, -0.2) is 9.55 Å². The number of halogens is 1. The molecule has 4 rings (SSSR count). The summed E-state index contributed by atoms with van der Waals surface area (Å²) in [6, 6.07) is 13.1. The molecule has 0 atom stereocenters. The zero-order valence-electron chi connectivity index (χ0n) is 11.8. The second kappa shape index (κ2) is 4.60. The lowest BCUT2D eigenvalue weighted by Crippen LogP contribution is -2.00. The van der Waals surface area contributed by atoms with Gasteiger partial charge in [-0.15, -0.1) is 0 Å². The summed E-state index contributed by atoms with van der Waals surface area (Å²) in [5.41, 5.74) is 11.5. The highest BCUT2D eigenvalue weighted by Crippen LogP contribution is 2.43. The number of nitrogens with zero attached hydrogens (tertiary/aromatic N) is 2. The van der Waals surface area contributed by atoms with Crippen molar-refractivity contribution in [2.24, 2.45) is 0 Å². The maximum absolute atomic E-state index is 6.26. The zero-order valence-corrected chi connectivity index (χ0v) is 13.4. The van der Waals surface area contributed by atoms with E-state index in [0.717, 1.165) is 27.1 Å². The molecule has 3 aromatic rings. The average molecular weight is 342 g/mol. The summed E-state index contributed by atoms with van der Waals surface area (Å²) in [6.07, 6.45) is 2.44. The van der Waals surface area contributed by atoms with Crippen LogP contribution in [0, 0.1) is 6.92 Å². The first-order chi connectivity index (χ1) is 10.1. The molecule has 0 spiro atoms. The molecule has 2 N–H and O–H groups in total. The van der Waals surface area contributed by atoms with Crippen molar-refractivity contribution in [3.8, 4) is 11.4 Å². The number of anilines is 1. The van der Waals surface area contributed by atoms with Gasteiger partial charge in [0, 0.05) is 16.1 Å². The largest absolute Gasteiger partial charge is 0.397 e. The van der Waals surface area contributed by atoms with E-state index < -0.39 is 0 Å². The predicted octanol–water partition coefficient (Wildman–Crippen LogP) is 4.69. The number of fused-ring (bicyclic) bond motifs is 1. The third-order valence-corrected chi connectivity index (χ3v) is 4.74. The van der Waals surface area contributed by atoms with Gasteiger partial charge in [0.25, 0.3) is 0 Å². The van der Waals surface area contributed by atoms with Crippen LogP contribution in [0.25, 0.3) is 22.4 Å². The normalized spacial score (nSPS) is 14.8. The molecule has 0 amide bonds. The molecule has 1 saturated carbocycles. The number of benzene rings is 2. The van der Waals surface area contributed by atoms with Gasteiger partial charge in [-0.25, -0.2) is 4.98 Å². The molecule has 106 valence electrons. The third kappa shape index (κ3) is 2.05. The minimum Gasteiger partial charge on any atom is -0.397 e. The first kappa shape index (κ1) is 12.9. The van der Waals surface area contributed by atoms with Crippen LogP contribution >= 0.6 is 15.9 Å². The number of aryl methyl sites for hydroxylation is 1. The summed E-state index contributed by atoms with van der Waals surface area (Å²) in [7, 11) is 0. The van der Waals surface area contributed by atoms with Crippen LogP contribution in [0.5, 0.6) is 0 Å². The predicted molar refractivity (Wildman–Crippen MR) is 90.3 cm³/mol. The second-order valence-corrected chi connectivity index (χ2v) is 6.58. The smallest absolute Gasteiger partial charge is 0.143 e. The van der Waals surface area contributed by atoms with Crippen molar-refractivity contribution in [1.29, 1.82) is 0 Å². The highest BCUT2D eigenvalue weighted by molar-refractivity contribution is 9.10. The van der Waals surface area contributed by atoms with Crippen LogP contribution in [0.1, 0.15) is 24.4 Å². The number of hydrogen-bond donors (Lipinski definition) is 1. The first-order valence-electron chi connectivity index (χ1n) is 7.18. The minimum absolute atomic E-state index is 0.561. The summed E-state index contributed by atoms with van der Waals surface area (Å²) in [5.74, 6) is 0.983. The summed E-state index contributed by atoms with van der Waals surface area (Å²) >= 11 is 3.51. The fourth-order valence-electron chi connectivity index (χ4n) is 2.83. The number of hydrogen-bond acceptors (Lipinski definition) is 2. The van der Waals surface area contributed by atoms with Crippen LogP contribution in [0.15, 0.2) is 40.9 Å². The Kier molecular flexibility index (Phi) is 2.82. The van der Waals surface area contributed by atoms with E-state index in [1.54, 1.807) is 0 Å². The van der Waals surface area contributed by atoms with E-state index in [1.807, 2.05) is 18.2 Å². The van der Waals surface area contributed by atoms with E-state index in [4.69, 9.17) is 10.7 Å². The van der Waals surface area contributed by atoms with Crippen molar-refractivity contribution in [2.45, 2.75) is 25.8 Å². The van der Waals surface area contributed by atoms with Crippen LogP contribution in [-0.2, 0) is 0 Å². The Morgan fingerprint density at radius 1 is 1.24 bits per heavy atom. The maximum Gasteiger partial charge on any atom is 0.143 e. The topological polar surface area (TPSA) is 43.8 Å². The number of nitrogen functional groups attached to an aromatic ring is 1. The van der Waals surface area contributed by atoms with Gasteiger partial charge in [-0.2, -0.15) is 0 Å². The maximum atomic E-state index is 6.26. The highest BCUT2D eigenvalue weighted by atomic mass is 79.9. The quantitative estimate of drug-likeness (QED) is 0.687. The summed E-state index contributed by atoms with van der Waals surface area (Å²) in [5, 5.41) is 0. The van der Waals surface area contributed by atoms with Crippen molar-refractivity contribution >= 4 is 32.7 Å². The Hall–Kier alpha value is -1.81. The fourth-order valence-corrected chi connectivity index (χ4v) is 3.20. The van der Waals surface area contributed by atoms with Crippen molar-refractivity contribution < 1.29 is 0 Å². The van der Waals surface area contributed by atoms with Crippen LogP contribution in [0.2, 0.25) is 0 Å². The van der Waals surface area contributed by atoms with Crippen LogP contribution < -0.4 is 5.73 Å². The Morgan fingerprint density at radius 3 is 2.81 bits per heavy atom. The average Bonchev–Trinajstić information content (AvgIpc) is 3.23. The van der Waals surface area contributed by atoms with Gasteiger partial charge in [-0.1, -0.05) is 12.1 Å². The van der Waals surface area contributed by atoms with Crippen molar-refractivity contribution in [2.75, 3.05) is 5.73 Å². The molecule has 1 aromatic heterocycles. The molecule has 0 radical (unpaired) electrons. The SMILES string of the molecule is Cc1ccc2c(c1)nc(-c1cccc(Br)c1N)n2C1CC1. The van der Waals surface area contributed by atoms with E-state index >= 15 is 0 Å². The van der Waals surface area contributed by atoms with Crippen molar-refractivity contribution in [3.63, 3.8) is 0 Å². The lowest BCUT2D eigenvalue weighted by atomic mass is 10.1. The summed E-state index contributed by atoms with van der Waals surface area (Å²) in [6.45, 7) is 2.10. The molecule has 1 aliphatic rings. The van der Waals surface area contributed by atoms with E-state index in [-0.39, 0.29) is 0 Å². The van der Waals surface area contributed by atoms with E-state index in [0.29, 0.717) is 6.04 Å². The first-order valence-corrected chi connectivity index (χ1v) is 7.97. The molecule has 4 heteroatoms. The molecule has 0 aliphatic heterocycles. The van der Waals surface area contributed by atoms with E-state index in [9.17, 15) is 0 Å². The number of para-hydroxylation sites is 1. The van der Waals surface area contributed by atoms with Gasteiger partial charge < -0.3 is 10.3 Å². The van der Waals surface area contributed by atoms with Gasteiger partial charge in [-0.05, 0) is 65.5 Å². The molecule has 21 heavy (non-hydrogen) atoms. The van der Waals surface area contributed by atoms with Gasteiger partial charge in [0.15, 0.2) is 0 Å². The molecule has 1 heterocycles. The molecule has 3 nitrogen and oxygen atoms in total. The Morgan fingerprint density at radius 2 is 2.05 bits per heavy atom. The lowest BCUT2D eigenvalue weighted by molar-refractivity contribution is 0.775. The Bertz CT molecular complexity index is 847. The molecule has 0 saturated heterocycles. The van der Waals surface area contributed by atoms with Crippen LogP contribution in [0.3, 0.4) is 0 Å². The molecule has 0 bridgehead atoms. The molecule has 0 unspecified atom stereocenters. The molecule has 2 aromatic carbocycles. The van der Waals surface area contributed by atoms with Crippen molar-refractivity contribution in [3.05, 3.63) is 46.4 Å².